The van der Waals surface area contributed by atoms with Crippen LogP contribution in [0.15, 0.2) is 48.6 Å². The zero-order valence-corrected chi connectivity index (χ0v) is 25.7. The van der Waals surface area contributed by atoms with Crippen LogP contribution in [-0.2, 0) is 19.1 Å². The van der Waals surface area contributed by atoms with Crippen LogP contribution in [0.25, 0.3) is 0 Å². The van der Waals surface area contributed by atoms with E-state index < -0.39 is 35.1 Å². The van der Waals surface area contributed by atoms with E-state index in [4.69, 9.17) is 9.47 Å². The second kappa shape index (κ2) is 11.2. The van der Waals surface area contributed by atoms with Gasteiger partial charge in [-0.1, -0.05) is 45.1 Å². The highest BCUT2D eigenvalue weighted by Gasteiger charge is 2.72. The van der Waals surface area contributed by atoms with Crippen LogP contribution in [0.4, 0.5) is 5.69 Å². The molecule has 2 fully saturated rings. The maximum atomic E-state index is 14.6. The number of likely N-dealkylation sites (tertiary alicyclic amines) is 1. The number of benzene rings is 1. The standard InChI is InChI=1S/C33H45N3O6/c1-7-41-23-14-12-22(13-15-23)34-17-8-11-24-25(28(34)38)26-29(39)35(18-10-20-37)27-30(40)36(19-9-16-33(26,27)42-24)32(5,6)21-31(2,3)4/h8-9,11-16,24-27,37H,7,10,17-21H2,1-6H3/t24-,25+,26-,27?,33-/m0/s1. The highest BCUT2D eigenvalue weighted by molar-refractivity contribution is 6.04. The molecule has 1 aromatic rings. The first kappa shape index (κ1) is 30.3. The number of amides is 3. The SMILES string of the molecule is CCOc1ccc(N2CC=C[C@@H]3O[C@]45C=CCN(C(C)(C)CC(C)(C)C)C(=O)C4N(CCCO)C(=O)[C@@H]5[C@@H]3C2=O)cc1. The van der Waals surface area contributed by atoms with Crippen molar-refractivity contribution in [3.63, 3.8) is 0 Å². The van der Waals surface area contributed by atoms with Crippen molar-refractivity contribution in [3.05, 3.63) is 48.6 Å². The molecule has 2 saturated heterocycles. The summed E-state index contributed by atoms with van der Waals surface area (Å²) in [5, 5.41) is 9.66. The maximum Gasteiger partial charge on any atom is 0.249 e. The van der Waals surface area contributed by atoms with Crippen LogP contribution in [-0.4, -0.2) is 88.8 Å². The van der Waals surface area contributed by atoms with Crippen molar-refractivity contribution >= 4 is 23.4 Å². The first-order valence-electron chi connectivity index (χ1n) is 15.1. The Balaban J connectivity index is 1.54. The molecule has 0 aliphatic carbocycles. The molecule has 0 radical (unpaired) electrons. The van der Waals surface area contributed by atoms with Crippen LogP contribution in [0.5, 0.6) is 5.75 Å². The summed E-state index contributed by atoms with van der Waals surface area (Å²) in [6, 6.07) is 6.43. The molecule has 1 aromatic carbocycles. The third-order valence-corrected chi connectivity index (χ3v) is 8.87. The number of hydrogen-bond donors (Lipinski definition) is 1. The molecule has 4 aliphatic rings. The first-order chi connectivity index (χ1) is 19.8. The first-order valence-corrected chi connectivity index (χ1v) is 15.1. The minimum absolute atomic E-state index is 0.0271. The molecule has 5 atom stereocenters. The van der Waals surface area contributed by atoms with Gasteiger partial charge in [-0.3, -0.25) is 14.4 Å². The molecule has 1 N–H and O–H groups in total. The summed E-state index contributed by atoms with van der Waals surface area (Å²) in [4.78, 5) is 48.3. The molecule has 228 valence electrons. The molecule has 4 aliphatic heterocycles. The molecule has 42 heavy (non-hydrogen) atoms. The zero-order valence-electron chi connectivity index (χ0n) is 25.7. The fraction of sp³-hybridized carbons (Fsp3) is 0.606. The minimum atomic E-state index is -1.28. The predicted molar refractivity (Wildman–Crippen MR) is 160 cm³/mol. The second-order valence-corrected chi connectivity index (χ2v) is 13.7. The summed E-state index contributed by atoms with van der Waals surface area (Å²) >= 11 is 0. The topological polar surface area (TPSA) is 99.6 Å². The molecule has 3 amide bonds. The van der Waals surface area contributed by atoms with Gasteiger partial charge in [0.25, 0.3) is 0 Å². The van der Waals surface area contributed by atoms with Gasteiger partial charge >= 0.3 is 0 Å². The van der Waals surface area contributed by atoms with Crippen LogP contribution in [0.1, 0.15) is 54.4 Å². The Bertz CT molecular complexity index is 1270. The number of rotatable bonds is 8. The molecular weight excluding hydrogens is 534 g/mol. The van der Waals surface area contributed by atoms with E-state index in [0.717, 1.165) is 12.2 Å². The van der Waals surface area contributed by atoms with E-state index in [2.05, 4.69) is 34.6 Å². The average molecular weight is 580 g/mol. The lowest BCUT2D eigenvalue weighted by Crippen LogP contribution is -2.60. The van der Waals surface area contributed by atoms with Gasteiger partial charge in [0.2, 0.25) is 17.7 Å². The lowest BCUT2D eigenvalue weighted by Gasteiger charge is -2.44. The number of ether oxygens (including phenoxy) is 2. The van der Waals surface area contributed by atoms with E-state index in [1.807, 2.05) is 60.4 Å². The Morgan fingerprint density at radius 2 is 1.71 bits per heavy atom. The third-order valence-electron chi connectivity index (χ3n) is 8.87. The Hall–Kier alpha value is -3.17. The fourth-order valence-corrected chi connectivity index (χ4v) is 7.68. The number of anilines is 1. The summed E-state index contributed by atoms with van der Waals surface area (Å²) in [5.41, 5.74) is -1.09. The van der Waals surface area contributed by atoms with Gasteiger partial charge in [-0.2, -0.15) is 0 Å². The number of carbonyl (C=O) groups excluding carboxylic acids is 3. The van der Waals surface area contributed by atoms with Crippen molar-refractivity contribution in [1.82, 2.24) is 9.80 Å². The van der Waals surface area contributed by atoms with Gasteiger partial charge in [-0.25, -0.2) is 0 Å². The molecule has 9 heteroatoms. The Labute approximate surface area is 249 Å². The van der Waals surface area contributed by atoms with Crippen LogP contribution >= 0.6 is 0 Å². The van der Waals surface area contributed by atoms with Crippen molar-refractivity contribution < 1.29 is 29.0 Å². The lowest BCUT2D eigenvalue weighted by atomic mass is 9.77. The van der Waals surface area contributed by atoms with Gasteiger partial charge in [0.05, 0.1) is 24.5 Å². The lowest BCUT2D eigenvalue weighted by molar-refractivity contribution is -0.151. The summed E-state index contributed by atoms with van der Waals surface area (Å²) in [5.74, 6) is -1.60. The predicted octanol–water partition coefficient (Wildman–Crippen LogP) is 3.56. The van der Waals surface area contributed by atoms with Crippen LogP contribution in [0.2, 0.25) is 0 Å². The van der Waals surface area contributed by atoms with Gasteiger partial charge < -0.3 is 29.3 Å². The molecule has 1 unspecified atom stereocenters. The van der Waals surface area contributed by atoms with E-state index in [9.17, 15) is 19.5 Å². The molecule has 5 rings (SSSR count). The van der Waals surface area contributed by atoms with E-state index >= 15 is 0 Å². The van der Waals surface area contributed by atoms with Gasteiger partial charge in [0.15, 0.2) is 0 Å². The Morgan fingerprint density at radius 3 is 2.36 bits per heavy atom. The fourth-order valence-electron chi connectivity index (χ4n) is 7.68. The van der Waals surface area contributed by atoms with Crippen molar-refractivity contribution in [1.29, 1.82) is 0 Å². The van der Waals surface area contributed by atoms with E-state index in [1.165, 1.54) is 0 Å². The normalized spacial score (nSPS) is 29.4. The molecule has 1 spiro atoms. The molecule has 4 heterocycles. The molecular formula is C33H45N3O6. The van der Waals surface area contributed by atoms with Crippen molar-refractivity contribution in [2.45, 2.75) is 77.7 Å². The average Bonchev–Trinajstić information content (AvgIpc) is 3.21. The van der Waals surface area contributed by atoms with Crippen molar-refractivity contribution in [2.24, 2.45) is 17.3 Å². The Morgan fingerprint density at radius 1 is 1.00 bits per heavy atom. The number of fused-ring (bicyclic) bond motifs is 2. The van der Waals surface area contributed by atoms with E-state index in [-0.39, 0.29) is 36.3 Å². The smallest absolute Gasteiger partial charge is 0.249 e. The zero-order chi connectivity index (χ0) is 30.4. The minimum Gasteiger partial charge on any atom is -0.494 e. The van der Waals surface area contributed by atoms with E-state index in [0.29, 0.717) is 31.8 Å². The summed E-state index contributed by atoms with van der Waals surface area (Å²) in [7, 11) is 0. The monoisotopic (exact) mass is 579 g/mol. The van der Waals surface area contributed by atoms with Crippen molar-refractivity contribution in [3.8, 4) is 5.75 Å². The number of nitrogens with zero attached hydrogens (tertiary/aromatic N) is 3. The van der Waals surface area contributed by atoms with Crippen LogP contribution < -0.4 is 9.64 Å². The Kier molecular flexibility index (Phi) is 8.04. The number of aliphatic hydroxyl groups excluding tert-OH is 1. The molecule has 0 saturated carbocycles. The third kappa shape index (κ3) is 5.15. The molecule has 9 nitrogen and oxygen atoms in total. The highest BCUT2D eigenvalue weighted by Crippen LogP contribution is 2.54. The maximum absolute atomic E-state index is 14.6. The molecule has 0 aromatic heterocycles. The van der Waals surface area contributed by atoms with Gasteiger partial charge in [-0.05, 0) is 63.3 Å². The summed E-state index contributed by atoms with van der Waals surface area (Å²) in [6.45, 7) is 13.9. The quantitative estimate of drug-likeness (QED) is 0.473. The highest BCUT2D eigenvalue weighted by atomic mass is 16.5. The molecule has 0 bridgehead atoms. The van der Waals surface area contributed by atoms with Gasteiger partial charge in [0.1, 0.15) is 17.4 Å². The number of hydrogen-bond acceptors (Lipinski definition) is 6. The van der Waals surface area contributed by atoms with Crippen molar-refractivity contribution in [2.75, 3.05) is 37.7 Å². The van der Waals surface area contributed by atoms with Gasteiger partial charge in [0, 0.05) is 37.5 Å². The summed E-state index contributed by atoms with van der Waals surface area (Å²) in [6.07, 6.45) is 8.03. The number of aliphatic hydroxyl groups is 1. The second-order valence-electron chi connectivity index (χ2n) is 13.7. The van der Waals surface area contributed by atoms with Crippen LogP contribution in [0.3, 0.4) is 0 Å². The van der Waals surface area contributed by atoms with Crippen LogP contribution in [0, 0.1) is 17.3 Å². The summed E-state index contributed by atoms with van der Waals surface area (Å²) < 4.78 is 12.3. The number of carbonyl (C=O) groups is 3. The van der Waals surface area contributed by atoms with E-state index in [1.54, 1.807) is 9.80 Å². The largest absolute Gasteiger partial charge is 0.494 e. The van der Waals surface area contributed by atoms with Gasteiger partial charge in [-0.15, -0.1) is 0 Å².